The molecule has 0 bridgehead atoms. The minimum Gasteiger partial charge on any atom is -0.379 e. The predicted octanol–water partition coefficient (Wildman–Crippen LogP) is 1.30. The van der Waals surface area contributed by atoms with Crippen LogP contribution < -0.4 is 5.56 Å². The number of benzene rings is 1. The third-order valence-electron chi connectivity index (χ3n) is 4.61. The molecule has 2 heterocycles. The molecule has 0 spiro atoms. The number of thioether (sulfide) groups is 1. The zero-order valence-corrected chi connectivity index (χ0v) is 16.7. The van der Waals surface area contributed by atoms with Crippen LogP contribution >= 0.6 is 11.8 Å². The number of aromatic nitrogens is 2. The molecule has 0 N–H and O–H groups in total. The highest BCUT2D eigenvalue weighted by atomic mass is 32.2. The van der Waals surface area contributed by atoms with E-state index in [0.717, 1.165) is 39.3 Å². The van der Waals surface area contributed by atoms with Gasteiger partial charge in [-0.2, -0.15) is 0 Å². The number of hydrogen-bond acceptors (Lipinski definition) is 6. The molecule has 8 heteroatoms. The number of hydrogen-bond donors (Lipinski definition) is 0. The molecular formula is C19H26N4O3S. The predicted molar refractivity (Wildman–Crippen MR) is 107 cm³/mol. The second-order valence-electron chi connectivity index (χ2n) is 6.75. The second kappa shape index (κ2) is 9.34. The van der Waals surface area contributed by atoms with Gasteiger partial charge in [-0.05, 0) is 18.6 Å². The molecule has 1 fully saturated rings. The number of morpholine rings is 1. The molecule has 3 rings (SSSR count). The van der Waals surface area contributed by atoms with Crippen molar-refractivity contribution in [1.29, 1.82) is 0 Å². The lowest BCUT2D eigenvalue weighted by atomic mass is 10.2. The number of rotatable bonds is 7. The largest absolute Gasteiger partial charge is 0.379 e. The van der Waals surface area contributed by atoms with Crippen LogP contribution in [0, 0.1) is 0 Å². The van der Waals surface area contributed by atoms with Gasteiger partial charge in [0.2, 0.25) is 5.91 Å². The van der Waals surface area contributed by atoms with Crippen molar-refractivity contribution in [1.82, 2.24) is 19.4 Å². The molecule has 1 amide bonds. The minimum atomic E-state index is -0.0395. The molecule has 0 radical (unpaired) electrons. The number of carbonyl (C=O) groups excluding carboxylic acids is 1. The van der Waals surface area contributed by atoms with E-state index in [0.29, 0.717) is 22.6 Å². The molecule has 1 aromatic carbocycles. The van der Waals surface area contributed by atoms with Gasteiger partial charge in [0.05, 0.1) is 29.9 Å². The molecule has 0 unspecified atom stereocenters. The maximum atomic E-state index is 13.0. The molecule has 2 aromatic rings. The number of ether oxygens (including phenoxy) is 1. The van der Waals surface area contributed by atoms with Crippen molar-refractivity contribution in [3.63, 3.8) is 0 Å². The lowest BCUT2D eigenvalue weighted by Gasteiger charge is -2.26. The van der Waals surface area contributed by atoms with Gasteiger partial charge >= 0.3 is 0 Å². The first kappa shape index (κ1) is 19.9. The Morgan fingerprint density at radius 3 is 2.70 bits per heavy atom. The number of amides is 1. The summed E-state index contributed by atoms with van der Waals surface area (Å²) in [4.78, 5) is 33.5. The SMILES string of the molecule is CN(C)C(=O)CSc1nc2ccccc2c(=O)n1CCCN1CCOCC1. The molecule has 0 atom stereocenters. The molecule has 0 saturated carbocycles. The van der Waals surface area contributed by atoms with E-state index in [4.69, 9.17) is 4.74 Å². The van der Waals surface area contributed by atoms with Gasteiger partial charge in [0.15, 0.2) is 5.16 Å². The first-order valence-electron chi connectivity index (χ1n) is 9.19. The number of carbonyl (C=O) groups is 1. The van der Waals surface area contributed by atoms with Crippen LogP contribution in [0.5, 0.6) is 0 Å². The van der Waals surface area contributed by atoms with Crippen molar-refractivity contribution < 1.29 is 9.53 Å². The van der Waals surface area contributed by atoms with Gasteiger partial charge < -0.3 is 9.64 Å². The van der Waals surface area contributed by atoms with E-state index in [9.17, 15) is 9.59 Å². The summed E-state index contributed by atoms with van der Waals surface area (Å²) in [6.45, 7) is 4.92. The standard InChI is InChI=1S/C19H26N4O3S/c1-21(2)17(24)14-27-19-20-16-7-4-3-6-15(16)18(25)23(19)9-5-8-22-10-12-26-13-11-22/h3-4,6-7H,5,8-14H2,1-2H3. The Hall–Kier alpha value is -1.90. The Morgan fingerprint density at radius 1 is 1.22 bits per heavy atom. The monoisotopic (exact) mass is 390 g/mol. The Morgan fingerprint density at radius 2 is 1.96 bits per heavy atom. The minimum absolute atomic E-state index is 0.00211. The average Bonchev–Trinajstić information content (AvgIpc) is 2.68. The molecular weight excluding hydrogens is 364 g/mol. The van der Waals surface area contributed by atoms with Crippen molar-refractivity contribution in [3.8, 4) is 0 Å². The third kappa shape index (κ3) is 5.09. The zero-order valence-electron chi connectivity index (χ0n) is 15.9. The van der Waals surface area contributed by atoms with Crippen LogP contribution in [0.25, 0.3) is 10.9 Å². The molecule has 1 aromatic heterocycles. The van der Waals surface area contributed by atoms with E-state index in [-0.39, 0.29) is 17.2 Å². The van der Waals surface area contributed by atoms with Crippen LogP contribution in [0.2, 0.25) is 0 Å². The van der Waals surface area contributed by atoms with E-state index in [1.165, 1.54) is 11.8 Å². The van der Waals surface area contributed by atoms with E-state index < -0.39 is 0 Å². The summed E-state index contributed by atoms with van der Waals surface area (Å²) in [6, 6.07) is 7.37. The zero-order chi connectivity index (χ0) is 19.2. The van der Waals surface area contributed by atoms with Gasteiger partial charge in [-0.3, -0.25) is 19.1 Å². The first-order chi connectivity index (χ1) is 13.1. The van der Waals surface area contributed by atoms with Gasteiger partial charge in [-0.1, -0.05) is 23.9 Å². The Balaban J connectivity index is 1.79. The number of para-hydroxylation sites is 1. The lowest BCUT2D eigenvalue weighted by molar-refractivity contribution is -0.125. The van der Waals surface area contributed by atoms with Gasteiger partial charge in [-0.15, -0.1) is 0 Å². The van der Waals surface area contributed by atoms with Crippen molar-refractivity contribution in [2.45, 2.75) is 18.1 Å². The first-order valence-corrected chi connectivity index (χ1v) is 10.2. The fraction of sp³-hybridized carbons (Fsp3) is 0.526. The van der Waals surface area contributed by atoms with Gasteiger partial charge in [0, 0.05) is 40.3 Å². The summed E-state index contributed by atoms with van der Waals surface area (Å²) in [5.74, 6) is 0.267. The smallest absolute Gasteiger partial charge is 0.262 e. The summed E-state index contributed by atoms with van der Waals surface area (Å²) < 4.78 is 7.10. The number of nitrogens with zero attached hydrogens (tertiary/aromatic N) is 4. The molecule has 27 heavy (non-hydrogen) atoms. The Bertz CT molecular complexity index is 846. The fourth-order valence-electron chi connectivity index (χ4n) is 2.99. The Labute approximate surface area is 163 Å². The highest BCUT2D eigenvalue weighted by Gasteiger charge is 2.15. The van der Waals surface area contributed by atoms with Crippen LogP contribution in [0.15, 0.2) is 34.2 Å². The Kier molecular flexibility index (Phi) is 6.87. The van der Waals surface area contributed by atoms with Crippen LogP contribution in [-0.2, 0) is 16.1 Å². The normalized spacial score (nSPS) is 15.2. The second-order valence-corrected chi connectivity index (χ2v) is 7.70. The highest BCUT2D eigenvalue weighted by molar-refractivity contribution is 7.99. The van der Waals surface area contributed by atoms with Gasteiger partial charge in [-0.25, -0.2) is 4.98 Å². The highest BCUT2D eigenvalue weighted by Crippen LogP contribution is 2.18. The topological polar surface area (TPSA) is 67.7 Å². The maximum absolute atomic E-state index is 13.0. The van der Waals surface area contributed by atoms with Crippen molar-refractivity contribution in [2.75, 3.05) is 52.7 Å². The summed E-state index contributed by atoms with van der Waals surface area (Å²) in [6.07, 6.45) is 0.856. The van der Waals surface area contributed by atoms with Crippen LogP contribution in [0.4, 0.5) is 0 Å². The van der Waals surface area contributed by atoms with E-state index in [2.05, 4.69) is 9.88 Å². The summed E-state index contributed by atoms with van der Waals surface area (Å²) in [5.41, 5.74) is 0.633. The third-order valence-corrected chi connectivity index (χ3v) is 5.57. The van der Waals surface area contributed by atoms with Crippen molar-refractivity contribution in [2.24, 2.45) is 0 Å². The van der Waals surface area contributed by atoms with Crippen LogP contribution in [0.1, 0.15) is 6.42 Å². The molecule has 146 valence electrons. The number of fused-ring (bicyclic) bond motifs is 1. The van der Waals surface area contributed by atoms with E-state index in [1.807, 2.05) is 24.3 Å². The van der Waals surface area contributed by atoms with E-state index in [1.54, 1.807) is 23.6 Å². The van der Waals surface area contributed by atoms with E-state index >= 15 is 0 Å². The molecule has 0 aliphatic carbocycles. The fourth-order valence-corrected chi connectivity index (χ4v) is 3.99. The van der Waals surface area contributed by atoms with Gasteiger partial charge in [0.25, 0.3) is 5.56 Å². The maximum Gasteiger partial charge on any atom is 0.262 e. The van der Waals surface area contributed by atoms with Crippen molar-refractivity contribution in [3.05, 3.63) is 34.6 Å². The van der Waals surface area contributed by atoms with Crippen LogP contribution in [0.3, 0.4) is 0 Å². The van der Waals surface area contributed by atoms with Crippen molar-refractivity contribution >= 4 is 28.6 Å². The summed E-state index contributed by atoms with van der Waals surface area (Å²) >= 11 is 1.33. The summed E-state index contributed by atoms with van der Waals surface area (Å²) in [5, 5.41) is 1.23. The van der Waals surface area contributed by atoms with Gasteiger partial charge in [0.1, 0.15) is 0 Å². The molecule has 1 saturated heterocycles. The van der Waals surface area contributed by atoms with Crippen LogP contribution in [-0.4, -0.2) is 78.0 Å². The molecule has 7 nitrogen and oxygen atoms in total. The average molecular weight is 391 g/mol. The molecule has 1 aliphatic heterocycles. The summed E-state index contributed by atoms with van der Waals surface area (Å²) in [7, 11) is 3.46. The lowest BCUT2D eigenvalue weighted by Crippen LogP contribution is -2.37. The quantitative estimate of drug-likeness (QED) is 0.524. The molecule has 1 aliphatic rings.